The van der Waals surface area contributed by atoms with E-state index in [0.29, 0.717) is 45.4 Å². The van der Waals surface area contributed by atoms with Gasteiger partial charge in [0, 0.05) is 29.4 Å². The minimum atomic E-state index is -1.99. The third-order valence-corrected chi connectivity index (χ3v) is 13.4. The lowest BCUT2D eigenvalue weighted by atomic mass is 9.85. The SMILES string of the molecule is O=C(NCc1ccc(CCCC[C@H](O)c2ccc(O)c3[nH]c(=O)ccc23)cc1)c1ccc(-c2ccc([C@](O)(C(=O)OCC3CCN(Cc4ccccc4)CC3)c3ccccc3)cc2)s1. The molecular weight excluding hydrogens is 823 g/mol. The Morgan fingerprint density at radius 2 is 1.47 bits per heavy atom. The Bertz CT molecular complexity index is 2710. The van der Waals surface area contributed by atoms with Crippen LogP contribution in [0.3, 0.4) is 0 Å². The maximum atomic E-state index is 13.8. The number of amides is 1. The standard InChI is InChI=1S/C53H53N3O7S/c57-45(43-23-25-46(58)50-44(43)24-28-49(59)55-50)14-8-7-9-36-15-17-37(18-16-36)33-54-51(60)48-27-26-47(64-48)40-19-21-42(22-20-40)53(62,41-12-5-2-6-13-41)52(61)63-35-39-29-31-56(32-30-39)34-38-10-3-1-4-11-38/h1-6,10-13,15-28,39,45,57-58,62H,7-9,14,29-35H2,(H,54,60)(H,55,59)/t45-,53-/m0/s1. The number of unbranched alkanes of at least 4 members (excludes halogenated alkanes) is 1. The lowest BCUT2D eigenvalue weighted by molar-refractivity contribution is -0.164. The number of H-pyrrole nitrogens is 1. The summed E-state index contributed by atoms with van der Waals surface area (Å²) in [7, 11) is 0. The van der Waals surface area contributed by atoms with Crippen molar-refractivity contribution < 1.29 is 29.6 Å². The molecule has 0 radical (unpaired) electrons. The fraction of sp³-hybridized carbons (Fsp3) is 0.264. The van der Waals surface area contributed by atoms with Gasteiger partial charge in [-0.05, 0) is 114 Å². The fourth-order valence-corrected chi connectivity index (χ4v) is 9.42. The molecule has 0 saturated carbocycles. The summed E-state index contributed by atoms with van der Waals surface area (Å²) < 4.78 is 5.90. The van der Waals surface area contributed by atoms with E-state index in [4.69, 9.17) is 4.74 Å². The second kappa shape index (κ2) is 20.4. The second-order valence-corrected chi connectivity index (χ2v) is 17.8. The molecule has 0 bridgehead atoms. The topological polar surface area (TPSA) is 152 Å². The van der Waals surface area contributed by atoms with Gasteiger partial charge in [-0.15, -0.1) is 11.3 Å². The molecule has 3 heterocycles. The molecule has 8 rings (SSSR count). The van der Waals surface area contributed by atoms with Crippen molar-refractivity contribution in [3.8, 4) is 16.2 Å². The normalized spacial score (nSPS) is 14.8. The summed E-state index contributed by atoms with van der Waals surface area (Å²) >= 11 is 1.37. The number of benzene rings is 5. The number of ether oxygens (including phenoxy) is 1. The van der Waals surface area contributed by atoms with E-state index in [-0.39, 0.29) is 29.7 Å². The number of phenolic OH excluding ortho intramolecular Hbond substituents is 1. The van der Waals surface area contributed by atoms with E-state index in [1.807, 2.05) is 42.5 Å². The molecule has 64 heavy (non-hydrogen) atoms. The number of hydrogen-bond acceptors (Lipinski definition) is 9. The molecule has 2 aromatic heterocycles. The first kappa shape index (κ1) is 44.2. The molecule has 0 unspecified atom stereocenters. The number of aromatic amines is 1. The van der Waals surface area contributed by atoms with Gasteiger partial charge >= 0.3 is 5.97 Å². The molecule has 10 nitrogen and oxygen atoms in total. The number of piperidine rings is 1. The van der Waals surface area contributed by atoms with Crippen LogP contribution < -0.4 is 10.9 Å². The molecule has 11 heteroatoms. The number of esters is 1. The predicted octanol–water partition coefficient (Wildman–Crippen LogP) is 9.03. The molecule has 1 saturated heterocycles. The van der Waals surface area contributed by atoms with Crippen molar-refractivity contribution in [3.05, 3.63) is 194 Å². The molecule has 0 aliphatic carbocycles. The van der Waals surface area contributed by atoms with Crippen LogP contribution in [0.25, 0.3) is 21.3 Å². The highest BCUT2D eigenvalue weighted by Gasteiger charge is 2.42. The summed E-state index contributed by atoms with van der Waals surface area (Å²) in [5.41, 5.74) is 3.83. The summed E-state index contributed by atoms with van der Waals surface area (Å²) in [6.07, 6.45) is 4.16. The minimum absolute atomic E-state index is 0.0276. The zero-order valence-corrected chi connectivity index (χ0v) is 36.4. The van der Waals surface area contributed by atoms with Crippen molar-refractivity contribution in [1.29, 1.82) is 0 Å². The van der Waals surface area contributed by atoms with E-state index in [9.17, 15) is 29.7 Å². The van der Waals surface area contributed by atoms with Crippen LogP contribution in [0.1, 0.15) is 81.3 Å². The van der Waals surface area contributed by atoms with Crippen molar-refractivity contribution in [1.82, 2.24) is 15.2 Å². The number of aromatic hydroxyl groups is 1. The van der Waals surface area contributed by atoms with Crippen molar-refractivity contribution in [2.24, 2.45) is 5.92 Å². The molecule has 1 amide bonds. The van der Waals surface area contributed by atoms with E-state index >= 15 is 0 Å². The molecule has 2 atom stereocenters. The molecule has 5 N–H and O–H groups in total. The second-order valence-electron chi connectivity index (χ2n) is 16.7. The Kier molecular flexibility index (Phi) is 14.1. The number of aromatic nitrogens is 1. The number of phenols is 1. The van der Waals surface area contributed by atoms with E-state index < -0.39 is 17.7 Å². The van der Waals surface area contributed by atoms with Crippen LogP contribution in [-0.4, -0.2) is 56.8 Å². The Morgan fingerprint density at radius 1 is 0.781 bits per heavy atom. The van der Waals surface area contributed by atoms with E-state index in [2.05, 4.69) is 51.6 Å². The lowest BCUT2D eigenvalue weighted by Gasteiger charge is -2.33. The van der Waals surface area contributed by atoms with Gasteiger partial charge in [-0.1, -0.05) is 122 Å². The summed E-state index contributed by atoms with van der Waals surface area (Å²) in [5.74, 6) is -0.680. The van der Waals surface area contributed by atoms with Crippen LogP contribution in [0.2, 0.25) is 0 Å². The average molecular weight is 876 g/mol. The summed E-state index contributed by atoms with van der Waals surface area (Å²) in [4.78, 5) is 45.3. The molecule has 1 fully saturated rings. The number of thiophene rings is 1. The average Bonchev–Trinajstić information content (AvgIpc) is 3.84. The van der Waals surface area contributed by atoms with Crippen LogP contribution in [0.15, 0.2) is 150 Å². The molecule has 7 aromatic rings. The van der Waals surface area contributed by atoms with Gasteiger partial charge < -0.3 is 30.4 Å². The number of aliphatic hydroxyl groups is 2. The molecule has 1 aliphatic rings. The third-order valence-electron chi connectivity index (χ3n) is 12.2. The number of fused-ring (bicyclic) bond motifs is 1. The van der Waals surface area contributed by atoms with Crippen molar-refractivity contribution in [3.63, 3.8) is 0 Å². The molecule has 0 spiro atoms. The van der Waals surface area contributed by atoms with E-state index in [0.717, 1.165) is 73.3 Å². The summed E-state index contributed by atoms with van der Waals surface area (Å²) in [6, 6.07) is 44.6. The number of nitrogens with zero attached hydrogens (tertiary/aromatic N) is 1. The van der Waals surface area contributed by atoms with Crippen LogP contribution in [-0.2, 0) is 34.6 Å². The van der Waals surface area contributed by atoms with Crippen LogP contribution in [0.5, 0.6) is 5.75 Å². The number of aliphatic hydroxyl groups excluding tert-OH is 1. The molecule has 5 aromatic carbocycles. The minimum Gasteiger partial charge on any atom is -0.506 e. The highest BCUT2D eigenvalue weighted by atomic mass is 32.1. The predicted molar refractivity (Wildman–Crippen MR) is 251 cm³/mol. The largest absolute Gasteiger partial charge is 0.506 e. The number of likely N-dealkylation sites (tertiary alicyclic amines) is 1. The maximum Gasteiger partial charge on any atom is 0.347 e. The van der Waals surface area contributed by atoms with Crippen LogP contribution in [0.4, 0.5) is 0 Å². The van der Waals surface area contributed by atoms with Gasteiger partial charge in [-0.3, -0.25) is 14.5 Å². The number of aryl methyl sites for hydroxylation is 1. The number of pyridine rings is 1. The number of hydrogen-bond donors (Lipinski definition) is 5. The zero-order valence-electron chi connectivity index (χ0n) is 35.6. The molecule has 1 aliphatic heterocycles. The Balaban J connectivity index is 0.812. The molecular formula is C53H53N3O7S. The number of rotatable bonds is 17. The van der Waals surface area contributed by atoms with Crippen LogP contribution >= 0.6 is 11.3 Å². The summed E-state index contributed by atoms with van der Waals surface area (Å²) in [5, 5.41) is 36.9. The monoisotopic (exact) mass is 875 g/mol. The van der Waals surface area contributed by atoms with Gasteiger partial charge in [0.2, 0.25) is 11.2 Å². The lowest BCUT2D eigenvalue weighted by Crippen LogP contribution is -2.40. The van der Waals surface area contributed by atoms with E-state index in [1.165, 1.54) is 29.0 Å². The zero-order chi connectivity index (χ0) is 44.5. The van der Waals surface area contributed by atoms with Gasteiger partial charge in [0.25, 0.3) is 5.91 Å². The van der Waals surface area contributed by atoms with Gasteiger partial charge in [0.1, 0.15) is 5.75 Å². The first-order valence-corrected chi connectivity index (χ1v) is 22.8. The van der Waals surface area contributed by atoms with Crippen molar-refractivity contribution in [2.45, 2.75) is 63.3 Å². The van der Waals surface area contributed by atoms with Crippen molar-refractivity contribution in [2.75, 3.05) is 19.7 Å². The first-order chi connectivity index (χ1) is 31.1. The van der Waals surface area contributed by atoms with Gasteiger partial charge in [-0.25, -0.2) is 4.79 Å². The Hall–Kier alpha value is -6.37. The van der Waals surface area contributed by atoms with Gasteiger partial charge in [0.05, 0.1) is 23.1 Å². The maximum absolute atomic E-state index is 13.8. The van der Waals surface area contributed by atoms with Crippen molar-refractivity contribution >= 4 is 34.1 Å². The van der Waals surface area contributed by atoms with Gasteiger partial charge in [0.15, 0.2) is 0 Å². The highest BCUT2D eigenvalue weighted by Crippen LogP contribution is 2.36. The number of carbonyl (C=O) groups excluding carboxylic acids is 2. The smallest absolute Gasteiger partial charge is 0.347 e. The fourth-order valence-electron chi connectivity index (χ4n) is 8.49. The van der Waals surface area contributed by atoms with Crippen LogP contribution in [0, 0.1) is 5.92 Å². The Morgan fingerprint density at radius 3 is 2.20 bits per heavy atom. The highest BCUT2D eigenvalue weighted by molar-refractivity contribution is 7.17. The van der Waals surface area contributed by atoms with Gasteiger partial charge in [-0.2, -0.15) is 0 Å². The third kappa shape index (κ3) is 10.5. The Labute approximate surface area is 376 Å². The number of nitrogens with one attached hydrogen (secondary N) is 2. The quantitative estimate of drug-likeness (QED) is 0.0449. The molecule has 328 valence electrons. The number of carbonyl (C=O) groups is 2. The summed E-state index contributed by atoms with van der Waals surface area (Å²) in [6.45, 7) is 3.38. The van der Waals surface area contributed by atoms with E-state index in [1.54, 1.807) is 54.6 Å². The first-order valence-electron chi connectivity index (χ1n) is 21.9.